The molecule has 0 bridgehead atoms. The van der Waals surface area contributed by atoms with Crippen molar-refractivity contribution in [2.75, 3.05) is 5.32 Å². The minimum Gasteiger partial charge on any atom is -0.389 e. The van der Waals surface area contributed by atoms with Crippen molar-refractivity contribution in [2.24, 2.45) is 5.73 Å². The first-order chi connectivity index (χ1) is 9.36. The van der Waals surface area contributed by atoms with Gasteiger partial charge in [0.25, 0.3) is 0 Å². The number of anilines is 2. The molecular weight excluding hydrogens is 365 g/mol. The molecule has 0 aliphatic rings. The summed E-state index contributed by atoms with van der Waals surface area (Å²) in [6.45, 7) is 1.83. The molecule has 0 radical (unpaired) electrons. The third-order valence-corrected chi connectivity index (χ3v) is 3.66. The number of nitrogens with zero attached hydrogens (tertiary/aromatic N) is 1. The number of aryl methyl sites for hydroxylation is 1. The molecule has 0 atom stereocenters. The van der Waals surface area contributed by atoms with Gasteiger partial charge in [0.2, 0.25) is 0 Å². The van der Waals surface area contributed by atoms with Crippen molar-refractivity contribution in [1.29, 1.82) is 0 Å². The van der Waals surface area contributed by atoms with Gasteiger partial charge in [-0.25, -0.2) is 9.37 Å². The maximum Gasteiger partial charge on any atom is 0.131 e. The molecule has 0 amide bonds. The first-order valence-electron chi connectivity index (χ1n) is 5.57. The Morgan fingerprint density at radius 3 is 2.70 bits per heavy atom. The van der Waals surface area contributed by atoms with Crippen LogP contribution in [-0.4, -0.2) is 9.97 Å². The fraction of sp³-hybridized carbons (Fsp3) is 0.0769. The minimum atomic E-state index is -0.423. The number of halogens is 3. The van der Waals surface area contributed by atoms with Crippen molar-refractivity contribution in [3.05, 3.63) is 50.8 Å². The highest BCUT2D eigenvalue weighted by atomic mass is 79.9. The fourth-order valence-corrected chi connectivity index (χ4v) is 2.68. The van der Waals surface area contributed by atoms with E-state index in [9.17, 15) is 4.39 Å². The van der Waals surface area contributed by atoms with Gasteiger partial charge in [0.1, 0.15) is 16.6 Å². The van der Waals surface area contributed by atoms with Gasteiger partial charge in [-0.05, 0) is 47.1 Å². The zero-order chi connectivity index (χ0) is 14.9. The predicted molar refractivity (Wildman–Crippen MR) is 87.3 cm³/mol. The number of hydrogen-bond acceptors (Lipinski definition) is 3. The second-order valence-electron chi connectivity index (χ2n) is 4.12. The van der Waals surface area contributed by atoms with E-state index in [2.05, 4.69) is 26.2 Å². The van der Waals surface area contributed by atoms with Crippen molar-refractivity contribution >= 4 is 56.2 Å². The molecule has 1 aromatic carbocycles. The average Bonchev–Trinajstić information content (AvgIpc) is 2.33. The van der Waals surface area contributed by atoms with Gasteiger partial charge in [-0.15, -0.1) is 0 Å². The highest BCUT2D eigenvalue weighted by molar-refractivity contribution is 9.10. The first-order valence-corrected chi connectivity index (χ1v) is 7.15. The van der Waals surface area contributed by atoms with Gasteiger partial charge >= 0.3 is 0 Å². The lowest BCUT2D eigenvalue weighted by Crippen LogP contribution is -2.11. The lowest BCUT2D eigenvalue weighted by atomic mass is 10.2. The third-order valence-electron chi connectivity index (χ3n) is 2.50. The lowest BCUT2D eigenvalue weighted by molar-refractivity contribution is 0.627. The highest BCUT2D eigenvalue weighted by Crippen LogP contribution is 2.33. The quantitative estimate of drug-likeness (QED) is 0.786. The van der Waals surface area contributed by atoms with Crippen LogP contribution in [0.3, 0.4) is 0 Å². The topological polar surface area (TPSA) is 50.9 Å². The zero-order valence-electron chi connectivity index (χ0n) is 10.4. The summed E-state index contributed by atoms with van der Waals surface area (Å²) in [5, 5.41) is 3.28. The van der Waals surface area contributed by atoms with Crippen LogP contribution in [-0.2, 0) is 0 Å². The van der Waals surface area contributed by atoms with E-state index in [1.54, 1.807) is 12.1 Å². The molecule has 1 aromatic heterocycles. The minimum absolute atomic E-state index is 0.247. The number of benzene rings is 1. The molecule has 20 heavy (non-hydrogen) atoms. The molecule has 3 nitrogen and oxygen atoms in total. The summed E-state index contributed by atoms with van der Waals surface area (Å²) in [5.74, 6) is 0.107. The molecule has 2 rings (SSSR count). The Labute approximate surface area is 134 Å². The SMILES string of the molecule is Cc1cc(C(N)=S)cc(Nc2c(Cl)cc(F)cc2Br)n1. The van der Waals surface area contributed by atoms with E-state index in [-0.39, 0.29) is 10.0 Å². The molecule has 7 heteroatoms. The van der Waals surface area contributed by atoms with Gasteiger partial charge in [0.05, 0.1) is 10.7 Å². The van der Waals surface area contributed by atoms with Crippen molar-refractivity contribution in [3.63, 3.8) is 0 Å². The maximum absolute atomic E-state index is 13.2. The summed E-state index contributed by atoms with van der Waals surface area (Å²) in [5.41, 5.74) is 7.60. The van der Waals surface area contributed by atoms with Crippen LogP contribution >= 0.6 is 39.7 Å². The fourth-order valence-electron chi connectivity index (χ4n) is 1.66. The molecular formula is C13H10BrClFN3S. The molecule has 3 N–H and O–H groups in total. The Balaban J connectivity index is 2.42. The number of rotatable bonds is 3. The van der Waals surface area contributed by atoms with Crippen molar-refractivity contribution < 1.29 is 4.39 Å². The summed E-state index contributed by atoms with van der Waals surface area (Å²) in [6.07, 6.45) is 0. The second kappa shape index (κ2) is 6.03. The summed E-state index contributed by atoms with van der Waals surface area (Å²) < 4.78 is 13.7. The van der Waals surface area contributed by atoms with E-state index in [1.165, 1.54) is 12.1 Å². The molecule has 0 unspecified atom stereocenters. The number of nitrogens with one attached hydrogen (secondary N) is 1. The van der Waals surface area contributed by atoms with Crippen molar-refractivity contribution in [3.8, 4) is 0 Å². The Kier molecular flexibility index (Phi) is 4.57. The monoisotopic (exact) mass is 373 g/mol. The maximum atomic E-state index is 13.2. The van der Waals surface area contributed by atoms with Gasteiger partial charge in [0.15, 0.2) is 0 Å². The van der Waals surface area contributed by atoms with E-state index in [0.29, 0.717) is 21.5 Å². The van der Waals surface area contributed by atoms with Gasteiger partial charge in [-0.3, -0.25) is 0 Å². The van der Waals surface area contributed by atoms with E-state index >= 15 is 0 Å². The van der Waals surface area contributed by atoms with E-state index < -0.39 is 5.82 Å². The molecule has 0 fully saturated rings. The largest absolute Gasteiger partial charge is 0.389 e. The highest BCUT2D eigenvalue weighted by Gasteiger charge is 2.10. The zero-order valence-corrected chi connectivity index (χ0v) is 13.5. The number of nitrogens with two attached hydrogens (primary N) is 1. The van der Waals surface area contributed by atoms with Crippen LogP contribution in [0.15, 0.2) is 28.7 Å². The Morgan fingerprint density at radius 2 is 2.10 bits per heavy atom. The summed E-state index contributed by atoms with van der Waals surface area (Å²) in [7, 11) is 0. The van der Waals surface area contributed by atoms with E-state index in [0.717, 1.165) is 5.69 Å². The molecule has 2 aromatic rings. The normalized spacial score (nSPS) is 10.4. The van der Waals surface area contributed by atoms with Gasteiger partial charge < -0.3 is 11.1 Å². The van der Waals surface area contributed by atoms with Gasteiger partial charge in [0, 0.05) is 15.7 Å². The Hall–Kier alpha value is -1.24. The molecule has 0 saturated heterocycles. The van der Waals surface area contributed by atoms with Crippen LogP contribution < -0.4 is 11.1 Å². The van der Waals surface area contributed by atoms with Gasteiger partial charge in [-0.1, -0.05) is 23.8 Å². The smallest absolute Gasteiger partial charge is 0.131 e. The molecule has 0 aliphatic heterocycles. The van der Waals surface area contributed by atoms with Crippen molar-refractivity contribution in [2.45, 2.75) is 6.92 Å². The predicted octanol–water partition coefficient (Wildman–Crippen LogP) is 4.32. The molecule has 0 aliphatic carbocycles. The van der Waals surface area contributed by atoms with Gasteiger partial charge in [-0.2, -0.15) is 0 Å². The number of hydrogen-bond donors (Lipinski definition) is 2. The van der Waals surface area contributed by atoms with Crippen LogP contribution in [0.4, 0.5) is 15.9 Å². The second-order valence-corrected chi connectivity index (χ2v) is 5.82. The summed E-state index contributed by atoms with van der Waals surface area (Å²) in [6, 6.07) is 6.04. The molecule has 0 spiro atoms. The Morgan fingerprint density at radius 1 is 1.40 bits per heavy atom. The lowest BCUT2D eigenvalue weighted by Gasteiger charge is -2.12. The summed E-state index contributed by atoms with van der Waals surface area (Å²) in [4.78, 5) is 4.60. The molecule has 0 saturated carbocycles. The standard InChI is InChI=1S/C13H10BrClFN3S/c1-6-2-7(13(17)20)3-11(18-6)19-12-9(14)4-8(16)5-10(12)15/h2-5H,1H3,(H2,17,20)(H,18,19). The van der Waals surface area contributed by atoms with E-state index in [1.807, 2.05) is 6.92 Å². The average molecular weight is 375 g/mol. The molecule has 1 heterocycles. The van der Waals surface area contributed by atoms with Crippen molar-refractivity contribution in [1.82, 2.24) is 4.98 Å². The Bertz CT molecular complexity index is 670. The van der Waals surface area contributed by atoms with Crippen LogP contribution in [0.1, 0.15) is 11.3 Å². The van der Waals surface area contributed by atoms with Crippen LogP contribution in [0, 0.1) is 12.7 Å². The first kappa shape index (κ1) is 15.2. The van der Waals surface area contributed by atoms with Crippen LogP contribution in [0.5, 0.6) is 0 Å². The molecule has 104 valence electrons. The number of aromatic nitrogens is 1. The van der Waals surface area contributed by atoms with E-state index in [4.69, 9.17) is 29.6 Å². The van der Waals surface area contributed by atoms with Crippen LogP contribution in [0.25, 0.3) is 0 Å². The number of pyridine rings is 1. The number of thiocarbonyl (C=S) groups is 1. The third kappa shape index (κ3) is 3.45. The summed E-state index contributed by atoms with van der Waals surface area (Å²) >= 11 is 14.2. The van der Waals surface area contributed by atoms with Crippen LogP contribution in [0.2, 0.25) is 5.02 Å².